The van der Waals surface area contributed by atoms with Gasteiger partial charge in [0.1, 0.15) is 5.75 Å². The molecule has 0 N–H and O–H groups in total. The number of anilines is 1. The summed E-state index contributed by atoms with van der Waals surface area (Å²) in [6.07, 6.45) is 5.03. The number of Topliss-reactive ketones (excluding diaryl/α,β-unsaturated/α-hetero) is 1. The zero-order chi connectivity index (χ0) is 29.8. The van der Waals surface area contributed by atoms with E-state index < -0.39 is 12.6 Å². The Morgan fingerprint density at radius 2 is 1.58 bits per heavy atom. The summed E-state index contributed by atoms with van der Waals surface area (Å²) in [4.78, 5) is 58.6. The van der Waals surface area contributed by atoms with Gasteiger partial charge in [-0.1, -0.05) is 40.2 Å². The van der Waals surface area contributed by atoms with Gasteiger partial charge in [-0.05, 0) is 78.9 Å². The number of halogens is 1. The van der Waals surface area contributed by atoms with Crippen molar-refractivity contribution in [3.63, 3.8) is 0 Å². The van der Waals surface area contributed by atoms with Crippen molar-refractivity contribution in [3.05, 3.63) is 101 Å². The molecule has 214 valence electrons. The molecule has 0 radical (unpaired) electrons. The van der Waals surface area contributed by atoms with Crippen molar-refractivity contribution in [2.24, 2.45) is 23.7 Å². The van der Waals surface area contributed by atoms with Crippen LogP contribution in [-0.4, -0.2) is 42.3 Å². The highest BCUT2D eigenvalue weighted by atomic mass is 79.9. The number of benzene rings is 3. The Morgan fingerprint density at radius 3 is 2.23 bits per heavy atom. The lowest BCUT2D eigenvalue weighted by molar-refractivity contribution is -0.123. The molecule has 1 saturated heterocycles. The number of amides is 2. The van der Waals surface area contributed by atoms with E-state index in [-0.39, 0.29) is 46.8 Å². The highest BCUT2D eigenvalue weighted by Gasteiger charge is 2.59. The molecule has 0 spiro atoms. The normalized spacial score (nSPS) is 21.9. The van der Waals surface area contributed by atoms with Gasteiger partial charge < -0.3 is 9.47 Å². The van der Waals surface area contributed by atoms with E-state index in [4.69, 9.17) is 14.5 Å². The third kappa shape index (κ3) is 4.64. The standard InChI is InChI=1S/C34H25BrN2O6/c1-42-24-11-6-19(7-12-24)29(38)17-43-34(41)26-16-28(36-27-13-8-22(35)15-25(26)27)18-4-9-23(10-5-18)37-32(39)30-20-2-3-21(14-20)31(30)33(37)40/h2-13,15-16,20-21,30-31H,14,17H2,1H3. The van der Waals surface area contributed by atoms with E-state index in [1.807, 2.05) is 6.07 Å². The molecule has 4 atom stereocenters. The van der Waals surface area contributed by atoms with E-state index in [9.17, 15) is 19.2 Å². The molecule has 2 amide bonds. The van der Waals surface area contributed by atoms with Crippen LogP contribution in [0.5, 0.6) is 5.75 Å². The van der Waals surface area contributed by atoms with Crippen LogP contribution in [0.15, 0.2) is 89.4 Å². The Morgan fingerprint density at radius 1 is 0.907 bits per heavy atom. The number of carbonyl (C=O) groups excluding carboxylic acids is 4. The van der Waals surface area contributed by atoms with Crippen LogP contribution in [0.4, 0.5) is 5.69 Å². The molecule has 2 aliphatic carbocycles. The first kappa shape index (κ1) is 27.2. The van der Waals surface area contributed by atoms with Crippen LogP contribution in [0.1, 0.15) is 27.1 Å². The van der Waals surface area contributed by atoms with Crippen LogP contribution in [-0.2, 0) is 14.3 Å². The average molecular weight is 637 g/mol. The first-order valence-corrected chi connectivity index (χ1v) is 14.7. The number of nitrogens with zero attached hydrogens (tertiary/aromatic N) is 2. The minimum absolute atomic E-state index is 0.136. The van der Waals surface area contributed by atoms with Gasteiger partial charge in [-0.3, -0.25) is 19.3 Å². The number of esters is 1. The molecule has 43 heavy (non-hydrogen) atoms. The minimum atomic E-state index is -0.659. The van der Waals surface area contributed by atoms with Crippen LogP contribution in [0, 0.1) is 23.7 Å². The highest BCUT2D eigenvalue weighted by molar-refractivity contribution is 9.10. The van der Waals surface area contributed by atoms with E-state index in [0.717, 1.165) is 10.9 Å². The van der Waals surface area contributed by atoms with Crippen molar-refractivity contribution >= 4 is 56.1 Å². The summed E-state index contributed by atoms with van der Waals surface area (Å²) in [6, 6.07) is 20.6. The summed E-state index contributed by atoms with van der Waals surface area (Å²) in [5, 5.41) is 0.569. The predicted molar refractivity (Wildman–Crippen MR) is 163 cm³/mol. The smallest absolute Gasteiger partial charge is 0.339 e. The van der Waals surface area contributed by atoms with Crippen molar-refractivity contribution < 1.29 is 28.7 Å². The topological polar surface area (TPSA) is 103 Å². The van der Waals surface area contributed by atoms with Crippen LogP contribution in [0.2, 0.25) is 0 Å². The summed E-state index contributed by atoms with van der Waals surface area (Å²) in [5.74, 6) is -0.912. The van der Waals surface area contributed by atoms with Gasteiger partial charge >= 0.3 is 5.97 Å². The molecule has 4 unspecified atom stereocenters. The van der Waals surface area contributed by atoms with Gasteiger partial charge in [-0.2, -0.15) is 0 Å². The quantitative estimate of drug-likeness (QED) is 0.106. The molecule has 8 nitrogen and oxygen atoms in total. The third-order valence-electron chi connectivity index (χ3n) is 8.63. The third-order valence-corrected chi connectivity index (χ3v) is 9.12. The van der Waals surface area contributed by atoms with E-state index in [1.165, 1.54) is 4.90 Å². The molecule has 3 aliphatic rings. The van der Waals surface area contributed by atoms with Gasteiger partial charge in [-0.25, -0.2) is 9.78 Å². The Bertz CT molecular complexity index is 1820. The number of ketones is 1. The number of methoxy groups -OCH3 is 1. The molecular formula is C34H25BrN2O6. The Kier molecular flexibility index (Phi) is 6.69. The molecule has 1 aliphatic heterocycles. The van der Waals surface area contributed by atoms with Crippen molar-refractivity contribution in [1.82, 2.24) is 4.98 Å². The number of pyridine rings is 1. The predicted octanol–water partition coefficient (Wildman–Crippen LogP) is 6.02. The SMILES string of the molecule is COc1ccc(C(=O)COC(=O)c2cc(-c3ccc(N4C(=O)C5C6C=CC(C6)C5C4=O)cc3)nc3ccc(Br)cc23)cc1. The first-order chi connectivity index (χ1) is 20.8. The highest BCUT2D eigenvalue weighted by Crippen LogP contribution is 2.53. The summed E-state index contributed by atoms with van der Waals surface area (Å²) in [5.41, 5.74) is 2.95. The lowest BCUT2D eigenvalue weighted by Crippen LogP contribution is -2.32. The molecule has 7 rings (SSSR count). The fraction of sp³-hybridized carbons (Fsp3) is 0.206. The number of hydrogen-bond acceptors (Lipinski definition) is 7. The fourth-order valence-electron chi connectivity index (χ4n) is 6.52. The average Bonchev–Trinajstić information content (AvgIpc) is 3.72. The maximum Gasteiger partial charge on any atom is 0.339 e. The molecule has 4 aromatic rings. The van der Waals surface area contributed by atoms with E-state index >= 15 is 0 Å². The van der Waals surface area contributed by atoms with Crippen molar-refractivity contribution in [2.75, 3.05) is 18.6 Å². The number of fused-ring (bicyclic) bond motifs is 6. The minimum Gasteiger partial charge on any atom is -0.497 e. The van der Waals surface area contributed by atoms with Crippen molar-refractivity contribution in [1.29, 1.82) is 0 Å². The van der Waals surface area contributed by atoms with Gasteiger partial charge in [-0.15, -0.1) is 0 Å². The van der Waals surface area contributed by atoms with Crippen molar-refractivity contribution in [3.8, 4) is 17.0 Å². The molecule has 1 saturated carbocycles. The molecule has 1 aromatic heterocycles. The van der Waals surface area contributed by atoms with Gasteiger partial charge in [0, 0.05) is 21.0 Å². The summed E-state index contributed by atoms with van der Waals surface area (Å²) >= 11 is 3.45. The zero-order valence-electron chi connectivity index (χ0n) is 23.0. The zero-order valence-corrected chi connectivity index (χ0v) is 24.6. The second-order valence-electron chi connectivity index (χ2n) is 11.0. The first-order valence-electron chi connectivity index (χ1n) is 13.9. The molecule has 3 aromatic carbocycles. The summed E-state index contributed by atoms with van der Waals surface area (Å²) in [6.45, 7) is -0.426. The summed E-state index contributed by atoms with van der Waals surface area (Å²) < 4.78 is 11.3. The molecule has 2 fully saturated rings. The van der Waals surface area contributed by atoms with Crippen molar-refractivity contribution in [2.45, 2.75) is 6.42 Å². The van der Waals surface area contributed by atoms with E-state index in [0.29, 0.717) is 39.2 Å². The fourth-order valence-corrected chi connectivity index (χ4v) is 6.88. The Balaban J connectivity index is 1.15. The number of aromatic nitrogens is 1. The molecular weight excluding hydrogens is 612 g/mol. The number of allylic oxidation sites excluding steroid dienone is 2. The lowest BCUT2D eigenvalue weighted by Gasteiger charge is -2.17. The second kappa shape index (κ2) is 10.6. The molecule has 2 heterocycles. The monoisotopic (exact) mass is 636 g/mol. The Labute approximate surface area is 255 Å². The molecule has 2 bridgehead atoms. The number of hydrogen-bond donors (Lipinski definition) is 0. The number of ether oxygens (including phenoxy) is 2. The molecule has 9 heteroatoms. The second-order valence-corrected chi connectivity index (χ2v) is 11.9. The number of rotatable bonds is 7. The lowest BCUT2D eigenvalue weighted by atomic mass is 9.85. The van der Waals surface area contributed by atoms with Crippen LogP contribution < -0.4 is 9.64 Å². The Hall–Kier alpha value is -4.63. The number of carbonyl (C=O) groups is 4. The van der Waals surface area contributed by atoms with Crippen LogP contribution in [0.25, 0.3) is 22.2 Å². The summed E-state index contributed by atoms with van der Waals surface area (Å²) in [7, 11) is 1.54. The maximum absolute atomic E-state index is 13.3. The largest absolute Gasteiger partial charge is 0.497 e. The number of imide groups is 1. The maximum atomic E-state index is 13.3. The van der Waals surface area contributed by atoms with E-state index in [1.54, 1.807) is 73.8 Å². The van der Waals surface area contributed by atoms with E-state index in [2.05, 4.69) is 28.1 Å². The van der Waals surface area contributed by atoms with Gasteiger partial charge in [0.25, 0.3) is 0 Å². The van der Waals surface area contributed by atoms with Gasteiger partial charge in [0.15, 0.2) is 12.4 Å². The van der Waals surface area contributed by atoms with Gasteiger partial charge in [0.05, 0.1) is 41.4 Å². The van der Waals surface area contributed by atoms with Crippen LogP contribution in [0.3, 0.4) is 0 Å². The van der Waals surface area contributed by atoms with Gasteiger partial charge in [0.2, 0.25) is 11.8 Å². The van der Waals surface area contributed by atoms with Crippen LogP contribution >= 0.6 is 15.9 Å².